The number of hydrogen-bond donors (Lipinski definition) is 2. The number of carbonyl (C=O) groups is 1. The minimum Gasteiger partial charge on any atom is -0.396 e. The molecule has 26 heavy (non-hydrogen) atoms. The van der Waals surface area contributed by atoms with Crippen LogP contribution >= 0.6 is 0 Å². The van der Waals surface area contributed by atoms with E-state index in [0.29, 0.717) is 22.9 Å². The molecule has 5 nitrogen and oxygen atoms in total. The van der Waals surface area contributed by atoms with Gasteiger partial charge in [-0.3, -0.25) is 9.78 Å². The van der Waals surface area contributed by atoms with Gasteiger partial charge in [0.05, 0.1) is 16.9 Å². The van der Waals surface area contributed by atoms with Gasteiger partial charge in [-0.1, -0.05) is 0 Å². The van der Waals surface area contributed by atoms with E-state index in [9.17, 15) is 9.18 Å². The maximum atomic E-state index is 13.1. The van der Waals surface area contributed by atoms with E-state index < -0.39 is 0 Å². The number of benzene rings is 1. The molecule has 0 bridgehead atoms. The number of nitrogen functional groups attached to an aromatic ring is 1. The third-order valence-electron chi connectivity index (χ3n) is 4.34. The van der Waals surface area contributed by atoms with E-state index >= 15 is 0 Å². The van der Waals surface area contributed by atoms with Gasteiger partial charge in [-0.25, -0.2) is 9.37 Å². The van der Waals surface area contributed by atoms with Crippen molar-refractivity contribution in [3.05, 3.63) is 71.8 Å². The molecule has 1 aromatic carbocycles. The van der Waals surface area contributed by atoms with Crippen LogP contribution in [0.25, 0.3) is 11.3 Å². The third kappa shape index (κ3) is 3.39. The van der Waals surface area contributed by atoms with Gasteiger partial charge in [-0.15, -0.1) is 0 Å². The molecular formula is C20H17FN4O. The molecular weight excluding hydrogens is 331 g/mol. The molecule has 2 heterocycles. The number of nitrogens with one attached hydrogen (secondary N) is 1. The number of pyridine rings is 2. The minimum absolute atomic E-state index is 0.267. The lowest BCUT2D eigenvalue weighted by atomic mass is 10.1. The Morgan fingerprint density at radius 1 is 1.08 bits per heavy atom. The first-order chi connectivity index (χ1) is 12.6. The van der Waals surface area contributed by atoms with Crippen LogP contribution in [-0.2, 0) is 0 Å². The molecule has 0 saturated heterocycles. The average Bonchev–Trinajstić information content (AvgIpc) is 3.49. The Bertz CT molecular complexity index is 951. The maximum Gasteiger partial charge on any atom is 0.258 e. The summed E-state index contributed by atoms with van der Waals surface area (Å²) >= 11 is 0. The van der Waals surface area contributed by atoms with Crippen LogP contribution in [-0.4, -0.2) is 15.9 Å². The lowest BCUT2D eigenvalue weighted by molar-refractivity contribution is 0.102. The van der Waals surface area contributed by atoms with Crippen molar-refractivity contribution in [3.63, 3.8) is 0 Å². The van der Waals surface area contributed by atoms with Gasteiger partial charge < -0.3 is 11.1 Å². The van der Waals surface area contributed by atoms with Gasteiger partial charge in [-0.05, 0) is 61.4 Å². The van der Waals surface area contributed by atoms with E-state index in [2.05, 4.69) is 15.3 Å². The quantitative estimate of drug-likeness (QED) is 0.747. The zero-order valence-corrected chi connectivity index (χ0v) is 13.9. The van der Waals surface area contributed by atoms with E-state index in [1.54, 1.807) is 36.5 Å². The predicted molar refractivity (Wildman–Crippen MR) is 98.2 cm³/mol. The average molecular weight is 348 g/mol. The molecule has 2 aromatic heterocycles. The van der Waals surface area contributed by atoms with Crippen molar-refractivity contribution in [1.29, 1.82) is 0 Å². The zero-order valence-electron chi connectivity index (χ0n) is 13.9. The number of carbonyl (C=O) groups excluding carboxylic acids is 1. The van der Waals surface area contributed by atoms with Gasteiger partial charge in [0.1, 0.15) is 5.82 Å². The summed E-state index contributed by atoms with van der Waals surface area (Å²) < 4.78 is 13.1. The molecule has 3 N–H and O–H groups in total. The summed E-state index contributed by atoms with van der Waals surface area (Å²) in [6.45, 7) is 0. The van der Waals surface area contributed by atoms with E-state index in [1.807, 2.05) is 6.07 Å². The number of anilines is 2. The van der Waals surface area contributed by atoms with Gasteiger partial charge >= 0.3 is 0 Å². The van der Waals surface area contributed by atoms with Crippen LogP contribution in [0.5, 0.6) is 0 Å². The molecule has 1 amide bonds. The van der Waals surface area contributed by atoms with Crippen LogP contribution in [0.1, 0.15) is 34.8 Å². The number of hydrogen-bond acceptors (Lipinski definition) is 4. The molecule has 4 rings (SSSR count). The molecule has 0 radical (unpaired) electrons. The van der Waals surface area contributed by atoms with E-state index in [0.717, 1.165) is 24.1 Å². The molecule has 0 unspecified atom stereocenters. The van der Waals surface area contributed by atoms with Crippen molar-refractivity contribution in [2.75, 3.05) is 11.1 Å². The van der Waals surface area contributed by atoms with Crippen molar-refractivity contribution >= 4 is 17.4 Å². The maximum absolute atomic E-state index is 13.1. The normalized spacial score (nSPS) is 13.4. The van der Waals surface area contributed by atoms with Crippen molar-refractivity contribution < 1.29 is 9.18 Å². The molecule has 6 heteroatoms. The molecule has 1 saturated carbocycles. The second-order valence-corrected chi connectivity index (χ2v) is 6.34. The molecule has 1 aliphatic carbocycles. The lowest BCUT2D eigenvalue weighted by Gasteiger charge is -2.10. The highest BCUT2D eigenvalue weighted by Gasteiger charge is 2.24. The fraction of sp³-hybridized carbons (Fsp3) is 0.150. The minimum atomic E-state index is -0.324. The highest BCUT2D eigenvalue weighted by molar-refractivity contribution is 6.05. The third-order valence-corrected chi connectivity index (χ3v) is 4.34. The summed E-state index contributed by atoms with van der Waals surface area (Å²) in [4.78, 5) is 21.2. The number of nitrogens with two attached hydrogens (primary N) is 1. The largest absolute Gasteiger partial charge is 0.396 e. The van der Waals surface area contributed by atoms with E-state index in [4.69, 9.17) is 5.73 Å². The van der Waals surface area contributed by atoms with Crippen molar-refractivity contribution in [2.45, 2.75) is 18.8 Å². The van der Waals surface area contributed by atoms with E-state index in [-0.39, 0.29) is 17.5 Å². The van der Waals surface area contributed by atoms with Gasteiger partial charge in [0.25, 0.3) is 5.91 Å². The van der Waals surface area contributed by atoms with Crippen LogP contribution in [0.3, 0.4) is 0 Å². The fourth-order valence-electron chi connectivity index (χ4n) is 2.69. The summed E-state index contributed by atoms with van der Waals surface area (Å²) in [5, 5.41) is 2.72. The van der Waals surface area contributed by atoms with Crippen LogP contribution in [0.4, 0.5) is 15.9 Å². The van der Waals surface area contributed by atoms with Gasteiger partial charge in [-0.2, -0.15) is 0 Å². The smallest absolute Gasteiger partial charge is 0.258 e. The zero-order chi connectivity index (χ0) is 18.1. The highest BCUT2D eigenvalue weighted by Crippen LogP contribution is 2.38. The summed E-state index contributed by atoms with van der Waals surface area (Å²) in [5.74, 6) is 0.162. The summed E-state index contributed by atoms with van der Waals surface area (Å²) in [5.41, 5.74) is 9.09. The Balaban J connectivity index is 1.55. The second kappa shape index (κ2) is 6.55. The number of amides is 1. The van der Waals surface area contributed by atoms with E-state index in [1.165, 1.54) is 12.1 Å². The molecule has 1 aliphatic rings. The molecule has 3 aromatic rings. The predicted octanol–water partition coefficient (Wildman–Crippen LogP) is 3.99. The molecule has 0 spiro atoms. The second-order valence-electron chi connectivity index (χ2n) is 6.34. The SMILES string of the molecule is Nc1ccc(-c2ccc(F)cc2)nc1NC(=O)c1ccc(C2CC2)nc1. The van der Waals surface area contributed by atoms with Crippen LogP contribution < -0.4 is 11.1 Å². The molecule has 0 aliphatic heterocycles. The standard InChI is InChI=1S/C20H17FN4O/c21-15-6-3-13(4-7-15)18-10-8-16(22)19(24-18)25-20(26)14-5-9-17(23-11-14)12-1-2-12/h3-12H,1-2,22H2,(H,24,25,26). The number of nitrogens with zero attached hydrogens (tertiary/aromatic N) is 2. The fourth-order valence-corrected chi connectivity index (χ4v) is 2.69. The monoisotopic (exact) mass is 348 g/mol. The van der Waals surface area contributed by atoms with Gasteiger partial charge in [0.2, 0.25) is 0 Å². The first-order valence-electron chi connectivity index (χ1n) is 8.40. The summed E-state index contributed by atoms with van der Waals surface area (Å²) in [6.07, 6.45) is 3.90. The first-order valence-corrected chi connectivity index (χ1v) is 8.40. The molecule has 130 valence electrons. The summed E-state index contributed by atoms with van der Waals surface area (Å²) in [6, 6.07) is 13.0. The highest BCUT2D eigenvalue weighted by atomic mass is 19.1. The first kappa shape index (κ1) is 16.2. The van der Waals surface area contributed by atoms with Crippen molar-refractivity contribution in [3.8, 4) is 11.3 Å². The van der Waals surface area contributed by atoms with Gasteiger partial charge in [0.15, 0.2) is 5.82 Å². The van der Waals surface area contributed by atoms with Gasteiger partial charge in [0, 0.05) is 23.4 Å². The Morgan fingerprint density at radius 2 is 1.85 bits per heavy atom. The Kier molecular flexibility index (Phi) is 4.08. The number of aromatic nitrogens is 2. The summed E-state index contributed by atoms with van der Waals surface area (Å²) in [7, 11) is 0. The Morgan fingerprint density at radius 3 is 2.50 bits per heavy atom. The number of halogens is 1. The van der Waals surface area contributed by atoms with Crippen molar-refractivity contribution in [2.24, 2.45) is 0 Å². The Hall–Kier alpha value is -3.28. The van der Waals surface area contributed by atoms with Crippen LogP contribution in [0.15, 0.2) is 54.7 Å². The van der Waals surface area contributed by atoms with Crippen molar-refractivity contribution in [1.82, 2.24) is 9.97 Å². The number of rotatable bonds is 4. The molecule has 0 atom stereocenters. The topological polar surface area (TPSA) is 80.9 Å². The molecule has 1 fully saturated rings. The lowest BCUT2D eigenvalue weighted by Crippen LogP contribution is -2.15. The van der Waals surface area contributed by atoms with Crippen LogP contribution in [0.2, 0.25) is 0 Å². The Labute approximate surface area is 150 Å². The van der Waals surface area contributed by atoms with Crippen LogP contribution in [0, 0.1) is 5.82 Å².